The van der Waals surface area contributed by atoms with Gasteiger partial charge in [0.25, 0.3) is 0 Å². The number of hydrogen-bond donors (Lipinski definition) is 2. The third-order valence-corrected chi connectivity index (χ3v) is 4.37. The van der Waals surface area contributed by atoms with Crippen LogP contribution in [0.4, 0.5) is 5.69 Å². The summed E-state index contributed by atoms with van der Waals surface area (Å²) in [4.78, 5) is 12.2. The summed E-state index contributed by atoms with van der Waals surface area (Å²) >= 11 is 0. The standard InChI is InChI=1S/C13H18N2O4S/c1-2-11-9(7-8-19-11)13(16)15-10-5-3-4-6-12(10)20(14,17)18/h3-6,9,11H,2,7-8H2,1H3,(H,15,16)(H2,14,17,18). The SMILES string of the molecule is CCC1OCCC1C(=O)Nc1ccccc1S(N)(=O)=O. The number of rotatable bonds is 4. The largest absolute Gasteiger partial charge is 0.377 e. The molecule has 2 unspecified atom stereocenters. The van der Waals surface area contributed by atoms with E-state index in [2.05, 4.69) is 5.32 Å². The van der Waals surface area contributed by atoms with Crippen molar-refractivity contribution >= 4 is 21.6 Å². The molecule has 1 aliphatic heterocycles. The number of nitrogens with two attached hydrogens (primary N) is 1. The quantitative estimate of drug-likeness (QED) is 0.869. The zero-order valence-corrected chi connectivity index (χ0v) is 12.0. The molecular weight excluding hydrogens is 280 g/mol. The number of sulfonamides is 1. The molecule has 1 aliphatic rings. The van der Waals surface area contributed by atoms with Crippen LogP contribution in [0.15, 0.2) is 29.2 Å². The molecule has 3 N–H and O–H groups in total. The van der Waals surface area contributed by atoms with Gasteiger partial charge < -0.3 is 10.1 Å². The second-order valence-electron chi connectivity index (χ2n) is 4.74. The van der Waals surface area contributed by atoms with Crippen molar-refractivity contribution in [3.63, 3.8) is 0 Å². The van der Waals surface area contributed by atoms with Gasteiger partial charge >= 0.3 is 0 Å². The average Bonchev–Trinajstić information content (AvgIpc) is 2.86. The van der Waals surface area contributed by atoms with Crippen molar-refractivity contribution in [1.29, 1.82) is 0 Å². The van der Waals surface area contributed by atoms with Crippen molar-refractivity contribution in [2.45, 2.75) is 30.8 Å². The summed E-state index contributed by atoms with van der Waals surface area (Å²) in [6, 6.07) is 6.09. The number of hydrogen-bond acceptors (Lipinski definition) is 4. The van der Waals surface area contributed by atoms with Crippen LogP contribution in [-0.4, -0.2) is 27.0 Å². The molecule has 1 amide bonds. The fourth-order valence-electron chi connectivity index (χ4n) is 2.39. The number of ether oxygens (including phenoxy) is 1. The van der Waals surface area contributed by atoms with Gasteiger partial charge in [-0.2, -0.15) is 0 Å². The van der Waals surface area contributed by atoms with E-state index in [9.17, 15) is 13.2 Å². The minimum Gasteiger partial charge on any atom is -0.377 e. The maximum Gasteiger partial charge on any atom is 0.240 e. The zero-order chi connectivity index (χ0) is 14.8. The number of carbonyl (C=O) groups is 1. The van der Waals surface area contributed by atoms with Crippen molar-refractivity contribution < 1.29 is 17.9 Å². The van der Waals surface area contributed by atoms with Crippen LogP contribution in [-0.2, 0) is 19.6 Å². The fourth-order valence-corrected chi connectivity index (χ4v) is 3.09. The molecule has 1 fully saturated rings. The lowest BCUT2D eigenvalue weighted by atomic mass is 9.98. The third-order valence-electron chi connectivity index (χ3n) is 3.40. The van der Waals surface area contributed by atoms with Gasteiger partial charge in [-0.3, -0.25) is 4.79 Å². The highest BCUT2D eigenvalue weighted by molar-refractivity contribution is 7.89. The molecule has 1 aromatic rings. The lowest BCUT2D eigenvalue weighted by Gasteiger charge is -2.17. The molecule has 6 nitrogen and oxygen atoms in total. The van der Waals surface area contributed by atoms with Crippen LogP contribution in [0.1, 0.15) is 19.8 Å². The Hall–Kier alpha value is -1.44. The van der Waals surface area contributed by atoms with Crippen LogP contribution in [0.2, 0.25) is 0 Å². The van der Waals surface area contributed by atoms with Crippen LogP contribution in [0.25, 0.3) is 0 Å². The molecule has 0 saturated carbocycles. The first-order chi connectivity index (χ1) is 9.43. The van der Waals surface area contributed by atoms with Gasteiger partial charge in [-0.1, -0.05) is 19.1 Å². The Morgan fingerprint density at radius 1 is 1.45 bits per heavy atom. The number of anilines is 1. The third kappa shape index (κ3) is 3.17. The summed E-state index contributed by atoms with van der Waals surface area (Å²) in [6.07, 6.45) is 1.27. The van der Waals surface area contributed by atoms with E-state index >= 15 is 0 Å². The lowest BCUT2D eigenvalue weighted by Crippen LogP contribution is -2.30. The maximum absolute atomic E-state index is 12.2. The first-order valence-corrected chi connectivity index (χ1v) is 8.02. The van der Waals surface area contributed by atoms with Crippen molar-refractivity contribution in [2.24, 2.45) is 11.1 Å². The van der Waals surface area contributed by atoms with E-state index in [4.69, 9.17) is 9.88 Å². The molecule has 0 aromatic heterocycles. The highest BCUT2D eigenvalue weighted by Crippen LogP contribution is 2.26. The van der Waals surface area contributed by atoms with Gasteiger partial charge in [0.1, 0.15) is 4.90 Å². The van der Waals surface area contributed by atoms with Crippen LogP contribution in [0, 0.1) is 5.92 Å². The molecule has 110 valence electrons. The Bertz CT molecular complexity index is 600. The van der Waals surface area contributed by atoms with E-state index in [1.807, 2.05) is 6.92 Å². The summed E-state index contributed by atoms with van der Waals surface area (Å²) in [5, 5.41) is 7.78. The van der Waals surface area contributed by atoms with E-state index < -0.39 is 10.0 Å². The second kappa shape index (κ2) is 5.90. The first-order valence-electron chi connectivity index (χ1n) is 6.47. The molecule has 0 aliphatic carbocycles. The monoisotopic (exact) mass is 298 g/mol. The Morgan fingerprint density at radius 2 is 2.15 bits per heavy atom. The van der Waals surface area contributed by atoms with E-state index in [0.29, 0.717) is 13.0 Å². The summed E-state index contributed by atoms with van der Waals surface area (Å²) < 4.78 is 28.4. The van der Waals surface area contributed by atoms with E-state index in [1.165, 1.54) is 12.1 Å². The number of para-hydroxylation sites is 1. The maximum atomic E-state index is 12.2. The van der Waals surface area contributed by atoms with Gasteiger partial charge in [0.2, 0.25) is 15.9 Å². The predicted octanol–water partition coefficient (Wildman–Crippen LogP) is 1.09. The predicted molar refractivity (Wildman–Crippen MR) is 74.6 cm³/mol. The van der Waals surface area contributed by atoms with E-state index in [0.717, 1.165) is 6.42 Å². The Balaban J connectivity index is 2.20. The highest BCUT2D eigenvalue weighted by Gasteiger charge is 2.33. The average molecular weight is 298 g/mol. The highest BCUT2D eigenvalue weighted by atomic mass is 32.2. The van der Waals surface area contributed by atoms with Crippen LogP contribution < -0.4 is 10.5 Å². The van der Waals surface area contributed by atoms with Gasteiger partial charge in [-0.15, -0.1) is 0 Å². The number of carbonyl (C=O) groups excluding carboxylic acids is 1. The molecule has 2 atom stereocenters. The van der Waals surface area contributed by atoms with Gasteiger partial charge in [0.05, 0.1) is 17.7 Å². The minimum absolute atomic E-state index is 0.0830. The van der Waals surface area contributed by atoms with Crippen LogP contribution >= 0.6 is 0 Å². The molecule has 2 rings (SSSR count). The normalized spacial score (nSPS) is 22.7. The molecule has 1 heterocycles. The van der Waals surface area contributed by atoms with E-state index in [-0.39, 0.29) is 28.5 Å². The molecule has 1 saturated heterocycles. The zero-order valence-electron chi connectivity index (χ0n) is 11.2. The number of amides is 1. The van der Waals surface area contributed by atoms with Crippen molar-refractivity contribution in [1.82, 2.24) is 0 Å². The van der Waals surface area contributed by atoms with Crippen molar-refractivity contribution in [3.05, 3.63) is 24.3 Å². The summed E-state index contributed by atoms with van der Waals surface area (Å²) in [7, 11) is -3.87. The van der Waals surface area contributed by atoms with Gasteiger partial charge in [0.15, 0.2) is 0 Å². The number of nitrogens with one attached hydrogen (secondary N) is 1. The summed E-state index contributed by atoms with van der Waals surface area (Å²) in [5.74, 6) is -0.487. The molecule has 7 heteroatoms. The first kappa shape index (κ1) is 15.0. The molecule has 0 radical (unpaired) electrons. The lowest BCUT2D eigenvalue weighted by molar-refractivity contribution is -0.121. The molecule has 0 spiro atoms. The molecular formula is C13H18N2O4S. The van der Waals surface area contributed by atoms with Crippen LogP contribution in [0.3, 0.4) is 0 Å². The topological polar surface area (TPSA) is 98.5 Å². The number of benzene rings is 1. The van der Waals surface area contributed by atoms with Crippen molar-refractivity contribution in [2.75, 3.05) is 11.9 Å². The van der Waals surface area contributed by atoms with Crippen LogP contribution in [0.5, 0.6) is 0 Å². The Labute approximate surface area is 118 Å². The fraction of sp³-hybridized carbons (Fsp3) is 0.462. The molecule has 20 heavy (non-hydrogen) atoms. The minimum atomic E-state index is -3.87. The molecule has 1 aromatic carbocycles. The summed E-state index contributed by atoms with van der Waals surface area (Å²) in [5.41, 5.74) is 0.210. The van der Waals surface area contributed by atoms with Gasteiger partial charge in [-0.25, -0.2) is 13.6 Å². The Kier molecular flexibility index (Phi) is 4.42. The van der Waals surface area contributed by atoms with Gasteiger partial charge in [0, 0.05) is 6.61 Å². The van der Waals surface area contributed by atoms with E-state index in [1.54, 1.807) is 12.1 Å². The smallest absolute Gasteiger partial charge is 0.240 e. The van der Waals surface area contributed by atoms with Gasteiger partial charge in [-0.05, 0) is 25.0 Å². The second-order valence-corrected chi connectivity index (χ2v) is 6.27. The summed E-state index contributed by atoms with van der Waals surface area (Å²) in [6.45, 7) is 2.50. The van der Waals surface area contributed by atoms with Crippen molar-refractivity contribution in [3.8, 4) is 0 Å². The Morgan fingerprint density at radius 3 is 2.80 bits per heavy atom. The number of primary sulfonamides is 1. The molecule has 0 bridgehead atoms.